The summed E-state index contributed by atoms with van der Waals surface area (Å²) in [6, 6.07) is 2.00. The Hall–Kier alpha value is -2.24. The normalized spacial score (nSPS) is 49.3. The van der Waals surface area contributed by atoms with Crippen molar-refractivity contribution in [2.24, 2.45) is 23.2 Å². The fourth-order valence-corrected chi connectivity index (χ4v) is 13.3. The third-order valence-corrected chi connectivity index (χ3v) is 15.7. The first-order valence-corrected chi connectivity index (χ1v) is 18.3. The van der Waals surface area contributed by atoms with Crippen LogP contribution in [-0.2, 0) is 41.2 Å². The van der Waals surface area contributed by atoms with Crippen LogP contribution >= 0.6 is 11.6 Å². The third kappa shape index (κ3) is 3.19. The van der Waals surface area contributed by atoms with Crippen LogP contribution in [0.15, 0.2) is 29.9 Å². The Morgan fingerprint density at radius 2 is 1.88 bits per heavy atom. The topological polar surface area (TPSA) is 134 Å². The average molecular weight is 692 g/mol. The second-order valence-corrected chi connectivity index (χ2v) is 18.1. The molecule has 8 aliphatic rings. The highest BCUT2D eigenvalue weighted by Gasteiger charge is 2.90. The smallest absolute Gasteiger partial charge is 0.302 e. The van der Waals surface area contributed by atoms with E-state index in [4.69, 9.17) is 30.5 Å². The van der Waals surface area contributed by atoms with E-state index >= 15 is 0 Å². The number of aromatic amines is 1. The molecule has 0 amide bonds. The van der Waals surface area contributed by atoms with Gasteiger partial charge in [-0.25, -0.2) is 0 Å². The minimum Gasteiger partial charge on any atom is -0.461 e. The predicted octanol–water partition coefficient (Wildman–Crippen LogP) is 5.55. The Balaban J connectivity index is 1.14. The number of rotatable bonds is 3. The van der Waals surface area contributed by atoms with E-state index in [-0.39, 0.29) is 30.5 Å². The largest absolute Gasteiger partial charge is 0.461 e. The molecule has 3 aliphatic heterocycles. The summed E-state index contributed by atoms with van der Waals surface area (Å²) in [5.74, 6) is -2.29. The van der Waals surface area contributed by atoms with E-state index in [1.165, 1.54) is 6.92 Å². The molecule has 5 fully saturated rings. The lowest BCUT2D eigenvalue weighted by molar-refractivity contribution is -0.284. The maximum atomic E-state index is 13.3. The van der Waals surface area contributed by atoms with Gasteiger partial charge in [0.2, 0.25) is 5.79 Å². The van der Waals surface area contributed by atoms with E-state index in [0.717, 1.165) is 45.3 Å². The highest BCUT2D eigenvalue weighted by Crippen LogP contribution is 2.79. The van der Waals surface area contributed by atoms with Gasteiger partial charge in [-0.15, -0.1) is 0 Å². The van der Waals surface area contributed by atoms with Crippen molar-refractivity contribution in [3.63, 3.8) is 0 Å². The summed E-state index contributed by atoms with van der Waals surface area (Å²) in [5, 5.41) is 39.7. The van der Waals surface area contributed by atoms with Crippen molar-refractivity contribution in [1.82, 2.24) is 4.98 Å². The molecule has 2 aromatic rings. The second kappa shape index (κ2) is 8.85. The van der Waals surface area contributed by atoms with Gasteiger partial charge < -0.3 is 39.3 Å². The van der Waals surface area contributed by atoms with Gasteiger partial charge in [0.15, 0.2) is 11.7 Å². The van der Waals surface area contributed by atoms with Gasteiger partial charge in [0.1, 0.15) is 17.8 Å². The fraction of sp³-hybridized carbons (Fsp3) is 0.667. The van der Waals surface area contributed by atoms with Gasteiger partial charge in [0.25, 0.3) is 0 Å². The third-order valence-electron chi connectivity index (χ3n) is 15.4. The number of carbonyl (C=O) groups excluding carboxylic acids is 1. The molecule has 1 aromatic carbocycles. The molecule has 4 heterocycles. The molecular weight excluding hydrogens is 646 g/mol. The summed E-state index contributed by atoms with van der Waals surface area (Å²) in [7, 11) is 0. The maximum Gasteiger partial charge on any atom is 0.302 e. The van der Waals surface area contributed by atoms with E-state index in [1.54, 1.807) is 13.0 Å². The van der Waals surface area contributed by atoms with Gasteiger partial charge >= 0.3 is 5.97 Å². The number of epoxide rings is 1. The number of H-pyrrole nitrogens is 1. The zero-order valence-corrected chi connectivity index (χ0v) is 29.8. The summed E-state index contributed by atoms with van der Waals surface area (Å²) < 4.78 is 25.4. The quantitative estimate of drug-likeness (QED) is 0.187. The Bertz CT molecular complexity index is 1970. The van der Waals surface area contributed by atoms with Gasteiger partial charge in [0.05, 0.1) is 17.8 Å². The number of aliphatic hydroxyl groups is 3. The maximum absolute atomic E-state index is 13.3. The lowest BCUT2D eigenvalue weighted by atomic mass is 9.41. The zero-order valence-electron chi connectivity index (χ0n) is 29.0. The molecule has 12 atom stereocenters. The molecule has 262 valence electrons. The van der Waals surface area contributed by atoms with Gasteiger partial charge in [0, 0.05) is 62.7 Å². The Kier molecular flexibility index (Phi) is 5.69. The SMILES string of the molecule is C=C1Cc2c(Cl)cc3[nH]c4c5c3c2[C@@]2(O)[C@@H]1C[C@H]2C(C)(C)O[C@H]5[C@@H]1CC[C@@]2(O)[C@@]35O[C@@H]3[C@@](O)(/C=C(/C)COC(C)=O)O[C@H]5CC[C@]2(C)[C@@]41C. The molecule has 3 saturated carbocycles. The minimum atomic E-state index is -1.75. The van der Waals surface area contributed by atoms with Crippen molar-refractivity contribution in [3.05, 3.63) is 57.3 Å². The molecule has 4 N–H and O–H groups in total. The van der Waals surface area contributed by atoms with Gasteiger partial charge in [-0.1, -0.05) is 37.6 Å². The number of esters is 1. The van der Waals surface area contributed by atoms with Crippen LogP contribution in [0, 0.1) is 23.2 Å². The second-order valence-electron chi connectivity index (χ2n) is 17.7. The number of hydrogen-bond donors (Lipinski definition) is 4. The number of ether oxygens (including phenoxy) is 4. The lowest BCUT2D eigenvalue weighted by Gasteiger charge is -2.65. The Morgan fingerprint density at radius 1 is 1.12 bits per heavy atom. The van der Waals surface area contributed by atoms with Gasteiger partial charge in [-0.3, -0.25) is 4.79 Å². The average Bonchev–Trinajstić information content (AvgIpc) is 3.52. The number of halogens is 1. The number of aromatic nitrogens is 1. The van der Waals surface area contributed by atoms with Crippen LogP contribution in [0.25, 0.3) is 10.9 Å². The summed E-state index contributed by atoms with van der Waals surface area (Å²) in [4.78, 5) is 15.3. The number of carbonyl (C=O) groups is 1. The first kappa shape index (κ1) is 31.5. The number of nitrogens with one attached hydrogen (secondary N) is 1. The van der Waals surface area contributed by atoms with E-state index in [0.29, 0.717) is 42.7 Å². The summed E-state index contributed by atoms with van der Waals surface area (Å²) in [6.07, 6.45) is 3.91. The molecule has 10 rings (SSSR count). The number of fused-ring (bicyclic) bond motifs is 5. The number of hydrogen-bond acceptors (Lipinski definition) is 8. The van der Waals surface area contributed by atoms with Crippen LogP contribution in [-0.4, -0.2) is 67.7 Å². The standard InChI is InChI=1S/C39H46ClNO8/c1-17(16-46-19(3)42)15-36(43)32-39(49-32)26(47-36)9-10-34(6)35(7)21(8-11-37(34,39)44)30-28-27-24(41-31(28)35)14-23(40)20-12-18(2)22-13-25(33(4,5)48-30)38(22,45)29(20)27/h14-15,21-22,25-26,30,32,41,43-45H,2,8-13,16H2,1,3-7H3/b17-15-/t21-,22+,25-,26-,30-,32+,34+,35+,36+,37-,38+,39-/m0/s1. The van der Waals surface area contributed by atoms with Crippen molar-refractivity contribution < 1.29 is 39.1 Å². The molecule has 0 bridgehead atoms. The molecule has 2 saturated heterocycles. The molecule has 9 nitrogen and oxygen atoms in total. The van der Waals surface area contributed by atoms with Crippen LogP contribution < -0.4 is 0 Å². The Morgan fingerprint density at radius 3 is 2.61 bits per heavy atom. The van der Waals surface area contributed by atoms with E-state index in [1.807, 2.05) is 6.07 Å². The van der Waals surface area contributed by atoms with Crippen LogP contribution in [0.5, 0.6) is 0 Å². The summed E-state index contributed by atoms with van der Waals surface area (Å²) >= 11 is 7.07. The van der Waals surface area contributed by atoms with Crippen LogP contribution in [0.1, 0.15) is 102 Å². The first-order chi connectivity index (χ1) is 22.9. The highest BCUT2D eigenvalue weighted by atomic mass is 35.5. The minimum absolute atomic E-state index is 0.0343. The van der Waals surface area contributed by atoms with Crippen molar-refractivity contribution >= 4 is 28.5 Å². The molecule has 10 heteroatoms. The molecule has 1 spiro atoms. The van der Waals surface area contributed by atoms with Gasteiger partial charge in [-0.2, -0.15) is 0 Å². The van der Waals surface area contributed by atoms with Crippen LogP contribution in [0.3, 0.4) is 0 Å². The van der Waals surface area contributed by atoms with Crippen molar-refractivity contribution in [1.29, 1.82) is 0 Å². The molecule has 1 aromatic heterocycles. The first-order valence-electron chi connectivity index (χ1n) is 18.0. The monoisotopic (exact) mass is 691 g/mol. The fourth-order valence-electron chi connectivity index (χ4n) is 13.1. The van der Waals surface area contributed by atoms with Crippen LogP contribution in [0.2, 0.25) is 5.02 Å². The molecule has 0 radical (unpaired) electrons. The van der Waals surface area contributed by atoms with Crippen molar-refractivity contribution in [2.75, 3.05) is 6.61 Å². The van der Waals surface area contributed by atoms with Crippen molar-refractivity contribution in [2.45, 2.75) is 132 Å². The summed E-state index contributed by atoms with van der Waals surface area (Å²) in [6.45, 7) is 16.3. The molecule has 49 heavy (non-hydrogen) atoms. The van der Waals surface area contributed by atoms with Crippen molar-refractivity contribution in [3.8, 4) is 0 Å². The van der Waals surface area contributed by atoms with Gasteiger partial charge in [-0.05, 0) is 88.1 Å². The van der Waals surface area contributed by atoms with E-state index in [9.17, 15) is 20.1 Å². The predicted molar refractivity (Wildman–Crippen MR) is 180 cm³/mol. The van der Waals surface area contributed by atoms with Crippen LogP contribution in [0.4, 0.5) is 0 Å². The summed E-state index contributed by atoms with van der Waals surface area (Å²) in [5.41, 5.74) is 1.12. The van der Waals surface area contributed by atoms with E-state index in [2.05, 4.69) is 39.3 Å². The highest BCUT2D eigenvalue weighted by molar-refractivity contribution is 6.32. The molecule has 0 unspecified atom stereocenters. The lowest BCUT2D eigenvalue weighted by Crippen LogP contribution is -2.73. The van der Waals surface area contributed by atoms with E-state index < -0.39 is 57.2 Å². The zero-order chi connectivity index (χ0) is 34.6. The molecule has 5 aliphatic carbocycles. The molecular formula is C39H46ClNO8. The number of benzene rings is 1. The Labute approximate surface area is 291 Å².